The minimum Gasteiger partial charge on any atom is -0.422 e. The average Bonchev–Trinajstić information content (AvgIpc) is 2.71. The van der Waals surface area contributed by atoms with E-state index >= 15 is 0 Å². The lowest BCUT2D eigenvalue weighted by Gasteiger charge is -2.42. The number of hydrogen-bond donors (Lipinski definition) is 0. The van der Waals surface area contributed by atoms with E-state index in [9.17, 15) is 79.4 Å². The Morgan fingerprint density at radius 2 is 0.917 bits per heavy atom. The first-order valence-electron chi connectivity index (χ1n) is 8.48. The van der Waals surface area contributed by atoms with E-state index in [1.807, 2.05) is 0 Å². The highest BCUT2D eigenvalue weighted by Crippen LogP contribution is 2.64. The Hall–Kier alpha value is -2.76. The summed E-state index contributed by atoms with van der Waals surface area (Å²) in [5.74, 6) is -57.8. The Labute approximate surface area is 185 Å². The molecule has 0 saturated heterocycles. The van der Waals surface area contributed by atoms with Crippen molar-refractivity contribution in [3.8, 4) is 0 Å². The number of hydrogen-bond acceptors (Lipinski definition) is 2. The third kappa shape index (κ3) is 3.59. The van der Waals surface area contributed by atoms with Crippen molar-refractivity contribution in [1.29, 1.82) is 0 Å². The number of alkyl halides is 17. The lowest BCUT2D eigenvalue weighted by Crippen LogP contribution is -2.74. The van der Waals surface area contributed by atoms with Gasteiger partial charge in [0.25, 0.3) is 0 Å². The van der Waals surface area contributed by atoms with Crippen LogP contribution in [-0.4, -0.2) is 41.7 Å². The fraction of sp³-hybridized carbons (Fsp3) is 0.471. The highest BCUT2D eigenvalue weighted by Gasteiger charge is 2.95. The summed E-state index contributed by atoms with van der Waals surface area (Å²) in [6, 6.07) is 3.19. The molecule has 0 spiro atoms. The molecule has 0 radical (unpaired) electrons. The van der Waals surface area contributed by atoms with E-state index in [-0.39, 0.29) is 6.07 Å². The summed E-state index contributed by atoms with van der Waals surface area (Å²) in [6.45, 7) is 0. The number of halogens is 17. The van der Waals surface area contributed by atoms with Crippen LogP contribution in [0.4, 0.5) is 74.6 Å². The minimum absolute atomic E-state index is 0.353. The molecule has 0 bridgehead atoms. The molecule has 0 saturated carbocycles. The summed E-state index contributed by atoms with van der Waals surface area (Å²) in [5, 5.41) is -0.765. The van der Waals surface area contributed by atoms with Gasteiger partial charge in [-0.3, -0.25) is 0 Å². The molecule has 0 fully saturated rings. The van der Waals surface area contributed by atoms with Gasteiger partial charge in [-0.25, -0.2) is 4.79 Å². The lowest BCUT2D eigenvalue weighted by atomic mass is 9.87. The van der Waals surface area contributed by atoms with Gasteiger partial charge in [0.15, 0.2) is 0 Å². The minimum atomic E-state index is -8.74. The summed E-state index contributed by atoms with van der Waals surface area (Å²) in [5.41, 5.74) is -6.22. The van der Waals surface area contributed by atoms with Crippen molar-refractivity contribution in [2.75, 3.05) is 0 Å². The highest BCUT2D eigenvalue weighted by atomic mass is 19.4. The van der Waals surface area contributed by atoms with Crippen LogP contribution in [0.3, 0.4) is 0 Å². The molecular formula is C17H5F17O2. The molecule has 1 aromatic carbocycles. The molecule has 0 unspecified atom stereocenters. The van der Waals surface area contributed by atoms with Crippen molar-refractivity contribution in [2.24, 2.45) is 0 Å². The van der Waals surface area contributed by atoms with Gasteiger partial charge >= 0.3 is 53.3 Å². The number of benzene rings is 1. The largest absolute Gasteiger partial charge is 0.460 e. The van der Waals surface area contributed by atoms with Gasteiger partial charge in [0.2, 0.25) is 0 Å². The fourth-order valence-corrected chi connectivity index (χ4v) is 2.61. The predicted molar refractivity (Wildman–Crippen MR) is 82.1 cm³/mol. The van der Waals surface area contributed by atoms with Crippen molar-refractivity contribution >= 4 is 11.0 Å². The Bertz CT molecular complexity index is 1190. The molecule has 36 heavy (non-hydrogen) atoms. The topological polar surface area (TPSA) is 30.2 Å². The average molecular weight is 564 g/mol. The molecule has 0 N–H and O–H groups in total. The first-order valence-corrected chi connectivity index (χ1v) is 8.48. The summed E-state index contributed by atoms with van der Waals surface area (Å²) in [4.78, 5) is 11.6. The maximum absolute atomic E-state index is 14.3. The summed E-state index contributed by atoms with van der Waals surface area (Å²) >= 11 is 0. The van der Waals surface area contributed by atoms with Crippen LogP contribution in [0.25, 0.3) is 11.0 Å². The van der Waals surface area contributed by atoms with E-state index in [0.29, 0.717) is 6.07 Å². The van der Waals surface area contributed by atoms with Crippen molar-refractivity contribution in [1.82, 2.24) is 0 Å². The first-order chi connectivity index (χ1) is 15.7. The molecule has 2 nitrogen and oxygen atoms in total. The SMILES string of the molecule is O=c1oc2ccccc2cc1C(F)(F)C(F)(F)C(F)(F)C(F)(F)C(F)(F)C(F)(F)C(F)(F)C(F)(F)F. The van der Waals surface area contributed by atoms with Crippen molar-refractivity contribution in [3.05, 3.63) is 46.3 Å². The van der Waals surface area contributed by atoms with Gasteiger partial charge in [-0.05, 0) is 12.1 Å². The van der Waals surface area contributed by atoms with Gasteiger partial charge in [0.05, 0.1) is 0 Å². The van der Waals surface area contributed by atoms with Gasteiger partial charge in [-0.1, -0.05) is 18.2 Å². The molecule has 19 heteroatoms. The predicted octanol–water partition coefficient (Wildman–Crippen LogP) is 7.26. The molecular weight excluding hydrogens is 559 g/mol. The van der Waals surface area contributed by atoms with Crippen molar-refractivity contribution < 1.29 is 79.1 Å². The molecule has 0 amide bonds. The van der Waals surface area contributed by atoms with Crippen LogP contribution < -0.4 is 5.63 Å². The second-order valence-corrected chi connectivity index (χ2v) is 7.00. The van der Waals surface area contributed by atoms with E-state index in [2.05, 4.69) is 4.42 Å². The third-order valence-corrected chi connectivity index (χ3v) is 4.70. The quantitative estimate of drug-likeness (QED) is 0.262. The zero-order chi connectivity index (χ0) is 28.6. The van der Waals surface area contributed by atoms with E-state index < -0.39 is 69.8 Å². The summed E-state index contributed by atoms with van der Waals surface area (Å²) < 4.78 is 231. The molecule has 0 aliphatic heterocycles. The van der Waals surface area contributed by atoms with Crippen LogP contribution in [0.15, 0.2) is 39.5 Å². The summed E-state index contributed by atoms with van der Waals surface area (Å²) in [7, 11) is 0. The number of fused-ring (bicyclic) bond motifs is 1. The normalized spacial score (nSPS) is 15.5. The molecule has 204 valence electrons. The van der Waals surface area contributed by atoms with Crippen molar-refractivity contribution in [3.63, 3.8) is 0 Å². The highest BCUT2D eigenvalue weighted by molar-refractivity contribution is 5.76. The Morgan fingerprint density at radius 1 is 0.528 bits per heavy atom. The van der Waals surface area contributed by atoms with E-state index in [1.165, 1.54) is 0 Å². The van der Waals surface area contributed by atoms with Gasteiger partial charge in [-0.2, -0.15) is 74.6 Å². The van der Waals surface area contributed by atoms with Crippen LogP contribution >= 0.6 is 0 Å². The molecule has 0 aliphatic rings. The molecule has 2 aromatic rings. The van der Waals surface area contributed by atoms with Gasteiger partial charge in [0, 0.05) is 5.39 Å². The lowest BCUT2D eigenvalue weighted by molar-refractivity contribution is -0.462. The molecule has 0 atom stereocenters. The van der Waals surface area contributed by atoms with Gasteiger partial charge in [0.1, 0.15) is 11.1 Å². The molecule has 2 rings (SSSR count). The van der Waals surface area contributed by atoms with E-state index in [4.69, 9.17) is 0 Å². The van der Waals surface area contributed by atoms with Crippen LogP contribution in [0.2, 0.25) is 0 Å². The van der Waals surface area contributed by atoms with Gasteiger partial charge < -0.3 is 4.42 Å². The second kappa shape index (κ2) is 7.87. The van der Waals surface area contributed by atoms with Crippen LogP contribution in [0.5, 0.6) is 0 Å². The Morgan fingerprint density at radius 3 is 1.36 bits per heavy atom. The number of rotatable bonds is 7. The Kier molecular flexibility index (Phi) is 6.44. The maximum atomic E-state index is 14.3. The van der Waals surface area contributed by atoms with E-state index in [1.54, 1.807) is 0 Å². The van der Waals surface area contributed by atoms with Gasteiger partial charge in [-0.15, -0.1) is 0 Å². The van der Waals surface area contributed by atoms with Crippen molar-refractivity contribution in [2.45, 2.75) is 47.6 Å². The smallest absolute Gasteiger partial charge is 0.422 e. The standard InChI is InChI=1S/C17H5F17O2/c18-10(19,7-5-6-3-1-2-4-8(6)36-9(7)35)11(20,21)12(22,23)13(24,25)14(26,27)15(28,29)16(30,31)17(32,33)34/h1-5H. The fourth-order valence-electron chi connectivity index (χ4n) is 2.61. The summed E-state index contributed by atoms with van der Waals surface area (Å²) in [6.07, 6.45) is -7.83. The molecule has 1 aromatic heterocycles. The Balaban J connectivity index is 2.74. The zero-order valence-electron chi connectivity index (χ0n) is 16.1. The first kappa shape index (κ1) is 29.5. The van der Waals surface area contributed by atoms with Crippen LogP contribution in [0, 0.1) is 0 Å². The van der Waals surface area contributed by atoms with Crippen LogP contribution in [0.1, 0.15) is 5.56 Å². The van der Waals surface area contributed by atoms with E-state index in [0.717, 1.165) is 18.2 Å². The third-order valence-electron chi connectivity index (χ3n) is 4.70. The molecule has 1 heterocycles. The second-order valence-electron chi connectivity index (χ2n) is 7.00. The molecule has 0 aliphatic carbocycles. The number of para-hydroxylation sites is 1. The zero-order valence-corrected chi connectivity index (χ0v) is 16.1. The van der Waals surface area contributed by atoms with Crippen LogP contribution in [-0.2, 0) is 5.92 Å². The monoisotopic (exact) mass is 564 g/mol. The maximum Gasteiger partial charge on any atom is 0.460 e.